The molecular formula is C11H14N2O3. The van der Waals surface area contributed by atoms with E-state index in [9.17, 15) is 4.79 Å². The Labute approximate surface area is 94.1 Å². The molecule has 16 heavy (non-hydrogen) atoms. The first kappa shape index (κ1) is 12.0. The summed E-state index contributed by atoms with van der Waals surface area (Å²) < 4.78 is 10.2. The van der Waals surface area contributed by atoms with E-state index in [4.69, 9.17) is 9.47 Å². The van der Waals surface area contributed by atoms with Gasteiger partial charge in [-0.25, -0.2) is 5.43 Å². The molecule has 0 bridgehead atoms. The smallest absolute Gasteiger partial charge is 0.277 e. The molecule has 0 saturated heterocycles. The summed E-state index contributed by atoms with van der Waals surface area (Å²) in [4.78, 5) is 11.1. The lowest BCUT2D eigenvalue weighted by molar-refractivity contribution is -0.123. The monoisotopic (exact) mass is 222 g/mol. The van der Waals surface area contributed by atoms with Gasteiger partial charge in [-0.3, -0.25) is 4.79 Å². The lowest BCUT2D eigenvalue weighted by Crippen LogP contribution is -2.24. The molecule has 0 radical (unpaired) electrons. The highest BCUT2D eigenvalue weighted by atomic mass is 16.5. The standard InChI is InChI=1S/C11H14N2O3/c1-3-12-13-11(14)8-16-10-6-4-9(15-2)5-7-10/h3-7H,8H2,1-2H3,(H,13,14)/b12-3+. The fourth-order valence-electron chi connectivity index (χ4n) is 0.990. The van der Waals surface area contributed by atoms with Crippen molar-refractivity contribution >= 4 is 12.1 Å². The summed E-state index contributed by atoms with van der Waals surface area (Å²) in [5.74, 6) is 1.05. The van der Waals surface area contributed by atoms with E-state index in [1.165, 1.54) is 6.21 Å². The van der Waals surface area contributed by atoms with Crippen LogP contribution in [0.15, 0.2) is 29.4 Å². The number of hydrazone groups is 1. The summed E-state index contributed by atoms with van der Waals surface area (Å²) in [6.45, 7) is 1.65. The number of ether oxygens (including phenoxy) is 2. The van der Waals surface area contributed by atoms with Crippen LogP contribution in [0.4, 0.5) is 0 Å². The van der Waals surface area contributed by atoms with Gasteiger partial charge < -0.3 is 9.47 Å². The molecule has 0 aromatic heterocycles. The van der Waals surface area contributed by atoms with Gasteiger partial charge >= 0.3 is 0 Å². The van der Waals surface area contributed by atoms with E-state index >= 15 is 0 Å². The van der Waals surface area contributed by atoms with Crippen LogP contribution in [0, 0.1) is 0 Å². The SMILES string of the molecule is C/C=N/NC(=O)COc1ccc(OC)cc1. The van der Waals surface area contributed by atoms with E-state index in [1.54, 1.807) is 38.3 Å². The van der Waals surface area contributed by atoms with Crippen LogP contribution in [0.2, 0.25) is 0 Å². The van der Waals surface area contributed by atoms with Gasteiger partial charge in [0.1, 0.15) is 11.5 Å². The van der Waals surface area contributed by atoms with E-state index in [2.05, 4.69) is 10.5 Å². The first-order chi connectivity index (χ1) is 7.76. The molecule has 0 heterocycles. The van der Waals surface area contributed by atoms with Crippen molar-refractivity contribution in [2.75, 3.05) is 13.7 Å². The molecule has 0 saturated carbocycles. The Balaban J connectivity index is 2.39. The molecule has 0 atom stereocenters. The minimum Gasteiger partial charge on any atom is -0.497 e. The molecule has 0 spiro atoms. The van der Waals surface area contributed by atoms with Crippen LogP contribution in [-0.2, 0) is 4.79 Å². The molecule has 0 aliphatic carbocycles. The maximum Gasteiger partial charge on any atom is 0.277 e. The van der Waals surface area contributed by atoms with Gasteiger partial charge in [0.15, 0.2) is 6.61 Å². The molecule has 1 aromatic rings. The first-order valence-corrected chi connectivity index (χ1v) is 4.79. The van der Waals surface area contributed by atoms with E-state index in [1.807, 2.05) is 0 Å². The highest BCUT2D eigenvalue weighted by Gasteiger charge is 2.00. The Morgan fingerprint density at radius 1 is 1.38 bits per heavy atom. The Morgan fingerprint density at radius 3 is 2.56 bits per heavy atom. The van der Waals surface area contributed by atoms with Crippen molar-refractivity contribution in [2.24, 2.45) is 5.10 Å². The van der Waals surface area contributed by atoms with Crippen LogP contribution < -0.4 is 14.9 Å². The molecule has 1 aromatic carbocycles. The van der Waals surface area contributed by atoms with Crippen LogP contribution in [0.25, 0.3) is 0 Å². The fourth-order valence-corrected chi connectivity index (χ4v) is 0.990. The molecule has 1 rings (SSSR count). The van der Waals surface area contributed by atoms with Gasteiger partial charge in [0.2, 0.25) is 0 Å². The van der Waals surface area contributed by atoms with Gasteiger partial charge in [-0.1, -0.05) is 0 Å². The third kappa shape index (κ3) is 4.00. The van der Waals surface area contributed by atoms with Gasteiger partial charge in [0, 0.05) is 6.21 Å². The molecule has 0 aliphatic heterocycles. The van der Waals surface area contributed by atoms with Crippen LogP contribution in [0.1, 0.15) is 6.92 Å². The number of rotatable bonds is 5. The van der Waals surface area contributed by atoms with Crippen molar-refractivity contribution in [3.05, 3.63) is 24.3 Å². The minimum absolute atomic E-state index is 0.0658. The number of hydrogen-bond acceptors (Lipinski definition) is 4. The molecule has 86 valence electrons. The van der Waals surface area contributed by atoms with Crippen molar-refractivity contribution in [3.8, 4) is 11.5 Å². The third-order valence-electron chi connectivity index (χ3n) is 1.75. The molecule has 5 nitrogen and oxygen atoms in total. The number of amides is 1. The average molecular weight is 222 g/mol. The molecule has 5 heteroatoms. The van der Waals surface area contributed by atoms with E-state index in [-0.39, 0.29) is 12.5 Å². The number of methoxy groups -OCH3 is 1. The van der Waals surface area contributed by atoms with Crippen LogP contribution >= 0.6 is 0 Å². The normalized spacial score (nSPS) is 10.1. The molecule has 0 unspecified atom stereocenters. The number of benzene rings is 1. The molecule has 0 aliphatic rings. The largest absolute Gasteiger partial charge is 0.497 e. The number of nitrogens with one attached hydrogen (secondary N) is 1. The summed E-state index contributed by atoms with van der Waals surface area (Å²) in [5, 5.41) is 3.59. The lowest BCUT2D eigenvalue weighted by atomic mass is 10.3. The number of carbonyl (C=O) groups excluding carboxylic acids is 1. The fraction of sp³-hybridized carbons (Fsp3) is 0.273. The molecule has 0 fully saturated rings. The zero-order chi connectivity index (χ0) is 11.8. The van der Waals surface area contributed by atoms with Crippen LogP contribution in [-0.4, -0.2) is 25.8 Å². The van der Waals surface area contributed by atoms with E-state index < -0.39 is 0 Å². The van der Waals surface area contributed by atoms with Gasteiger partial charge in [-0.15, -0.1) is 0 Å². The predicted molar refractivity (Wildman–Crippen MR) is 60.8 cm³/mol. The second-order valence-corrected chi connectivity index (χ2v) is 2.89. The molecule has 1 N–H and O–H groups in total. The predicted octanol–water partition coefficient (Wildman–Crippen LogP) is 1.20. The van der Waals surface area contributed by atoms with Gasteiger partial charge in [-0.05, 0) is 31.2 Å². The maximum absolute atomic E-state index is 11.1. The van der Waals surface area contributed by atoms with E-state index in [0.29, 0.717) is 5.75 Å². The Hall–Kier alpha value is -2.04. The summed E-state index contributed by atoms with van der Waals surface area (Å²) in [6, 6.07) is 6.99. The van der Waals surface area contributed by atoms with Crippen LogP contribution in [0.5, 0.6) is 11.5 Å². The van der Waals surface area contributed by atoms with Crippen molar-refractivity contribution in [3.63, 3.8) is 0 Å². The number of carbonyl (C=O) groups is 1. The average Bonchev–Trinajstić information content (AvgIpc) is 2.34. The van der Waals surface area contributed by atoms with Gasteiger partial charge in [0.25, 0.3) is 5.91 Å². The third-order valence-corrected chi connectivity index (χ3v) is 1.75. The second kappa shape index (κ2) is 6.44. The maximum atomic E-state index is 11.1. The zero-order valence-electron chi connectivity index (χ0n) is 9.27. The highest BCUT2D eigenvalue weighted by Crippen LogP contribution is 2.16. The number of hydrogen-bond donors (Lipinski definition) is 1. The summed E-state index contributed by atoms with van der Waals surface area (Å²) in [7, 11) is 1.59. The lowest BCUT2D eigenvalue weighted by Gasteiger charge is -2.05. The summed E-state index contributed by atoms with van der Waals surface area (Å²) in [6.07, 6.45) is 1.49. The Kier molecular flexibility index (Phi) is 4.85. The zero-order valence-corrected chi connectivity index (χ0v) is 9.27. The minimum atomic E-state index is -0.297. The van der Waals surface area contributed by atoms with Gasteiger partial charge in [0.05, 0.1) is 7.11 Å². The van der Waals surface area contributed by atoms with Crippen molar-refractivity contribution < 1.29 is 14.3 Å². The van der Waals surface area contributed by atoms with Crippen molar-refractivity contribution in [1.29, 1.82) is 0 Å². The van der Waals surface area contributed by atoms with Gasteiger partial charge in [-0.2, -0.15) is 5.10 Å². The highest BCUT2D eigenvalue weighted by molar-refractivity contribution is 5.78. The van der Waals surface area contributed by atoms with Crippen molar-refractivity contribution in [1.82, 2.24) is 5.43 Å². The topological polar surface area (TPSA) is 59.9 Å². The molecule has 1 amide bonds. The van der Waals surface area contributed by atoms with Crippen molar-refractivity contribution in [2.45, 2.75) is 6.92 Å². The first-order valence-electron chi connectivity index (χ1n) is 4.79. The van der Waals surface area contributed by atoms with E-state index in [0.717, 1.165) is 5.75 Å². The Bertz CT molecular complexity index is 360. The summed E-state index contributed by atoms with van der Waals surface area (Å²) >= 11 is 0. The van der Waals surface area contributed by atoms with Crippen LogP contribution in [0.3, 0.4) is 0 Å². The second-order valence-electron chi connectivity index (χ2n) is 2.89. The summed E-state index contributed by atoms with van der Waals surface area (Å²) in [5.41, 5.74) is 2.31. The Morgan fingerprint density at radius 2 is 2.00 bits per heavy atom. The quantitative estimate of drug-likeness (QED) is 0.601. The number of nitrogens with zero attached hydrogens (tertiary/aromatic N) is 1. The molecular weight excluding hydrogens is 208 g/mol.